The van der Waals surface area contributed by atoms with E-state index in [2.05, 4.69) is 48.2 Å². The molecule has 1 nitrogen and oxygen atoms in total. The van der Waals surface area contributed by atoms with Gasteiger partial charge in [0.1, 0.15) is 0 Å². The second-order valence-electron chi connectivity index (χ2n) is 4.05. The highest BCUT2D eigenvalue weighted by Crippen LogP contribution is 2.20. The smallest absolute Gasteiger partial charge is 0.174 e. The van der Waals surface area contributed by atoms with Crippen LogP contribution in [0.25, 0.3) is 22.8 Å². The zero-order valence-electron chi connectivity index (χ0n) is 7.77. The molecule has 0 saturated carbocycles. The van der Waals surface area contributed by atoms with Gasteiger partial charge in [-0.2, -0.15) is 0 Å². The lowest BCUT2D eigenvalue weighted by atomic mass is 9.71. The molecule has 1 aromatic carbocycles. The quantitative estimate of drug-likeness (QED) is 0.525. The highest BCUT2D eigenvalue weighted by atomic mass is 15.0. The van der Waals surface area contributed by atoms with Gasteiger partial charge in [0.25, 0.3) is 0 Å². The van der Waals surface area contributed by atoms with Gasteiger partial charge in [0.05, 0.1) is 0 Å². The molecule has 0 unspecified atom stereocenters. The maximum absolute atomic E-state index is 2.46. The van der Waals surface area contributed by atoms with Crippen LogP contribution in [0.5, 0.6) is 0 Å². The molecule has 4 rings (SSSR count). The zero-order chi connectivity index (χ0) is 9.12. The Morgan fingerprint density at radius 3 is 2.79 bits per heavy atom. The SMILES string of the molecule is [B]1C=c2c3ccccc3c3n2[C@H]1CC=3. The maximum atomic E-state index is 2.46. The molecule has 0 spiro atoms. The predicted octanol–water partition coefficient (Wildman–Crippen LogP) is 0.780. The molecule has 0 aliphatic carbocycles. The Balaban J connectivity index is 2.42. The third-order valence-corrected chi connectivity index (χ3v) is 3.36. The van der Waals surface area contributed by atoms with E-state index in [0.29, 0.717) is 5.94 Å². The number of rotatable bonds is 0. The topological polar surface area (TPSA) is 4.93 Å². The van der Waals surface area contributed by atoms with Crippen LogP contribution >= 0.6 is 0 Å². The van der Waals surface area contributed by atoms with Gasteiger partial charge in [-0.3, -0.25) is 0 Å². The lowest BCUT2D eigenvalue weighted by Crippen LogP contribution is -2.22. The van der Waals surface area contributed by atoms with E-state index in [9.17, 15) is 0 Å². The van der Waals surface area contributed by atoms with Gasteiger partial charge in [0, 0.05) is 27.4 Å². The highest BCUT2D eigenvalue weighted by molar-refractivity contribution is 6.55. The fraction of sp³-hybridized carbons (Fsp3) is 0.167. The van der Waals surface area contributed by atoms with Crippen molar-refractivity contribution in [3.05, 3.63) is 35.0 Å². The molecule has 3 heterocycles. The first kappa shape index (κ1) is 6.94. The molecule has 0 bridgehead atoms. The van der Waals surface area contributed by atoms with Gasteiger partial charge in [-0.25, -0.2) is 0 Å². The van der Waals surface area contributed by atoms with Crippen LogP contribution in [-0.4, -0.2) is 11.8 Å². The third-order valence-electron chi connectivity index (χ3n) is 3.36. The minimum absolute atomic E-state index is 0.604. The second kappa shape index (κ2) is 2.14. The summed E-state index contributed by atoms with van der Waals surface area (Å²) < 4.78 is 2.46. The molecule has 2 aromatic rings. The average molecular weight is 178 g/mol. The monoisotopic (exact) mass is 178 g/mol. The highest BCUT2D eigenvalue weighted by Gasteiger charge is 2.23. The molecule has 0 N–H and O–H groups in total. The van der Waals surface area contributed by atoms with Gasteiger partial charge in [-0.1, -0.05) is 36.3 Å². The number of fused-ring (bicyclic) bond motifs is 3. The van der Waals surface area contributed by atoms with Gasteiger partial charge in [-0.05, 0) is 6.42 Å². The summed E-state index contributed by atoms with van der Waals surface area (Å²) in [6, 6.07) is 8.69. The van der Waals surface area contributed by atoms with Crippen LogP contribution in [0.15, 0.2) is 24.3 Å². The van der Waals surface area contributed by atoms with Gasteiger partial charge in [0.15, 0.2) is 7.28 Å². The normalized spacial score (nSPS) is 21.6. The molecular formula is C12H9BN. The van der Waals surface area contributed by atoms with E-state index in [0.717, 1.165) is 0 Å². The van der Waals surface area contributed by atoms with Gasteiger partial charge >= 0.3 is 0 Å². The number of benzene rings is 1. The van der Waals surface area contributed by atoms with Gasteiger partial charge in [0.2, 0.25) is 0 Å². The maximum Gasteiger partial charge on any atom is 0.174 e. The van der Waals surface area contributed by atoms with Crippen LogP contribution in [0.3, 0.4) is 0 Å². The second-order valence-corrected chi connectivity index (χ2v) is 4.05. The van der Waals surface area contributed by atoms with Crippen molar-refractivity contribution in [2.45, 2.75) is 12.4 Å². The van der Waals surface area contributed by atoms with Crippen LogP contribution < -0.4 is 10.7 Å². The first-order valence-corrected chi connectivity index (χ1v) is 5.09. The summed E-state index contributed by atoms with van der Waals surface area (Å²) >= 11 is 0. The summed E-state index contributed by atoms with van der Waals surface area (Å²) in [5.41, 5.74) is 0. The number of nitrogens with zero attached hydrogens (tertiary/aromatic N) is 1. The molecule has 65 valence electrons. The lowest BCUT2D eigenvalue weighted by Gasteiger charge is -2.03. The zero-order valence-corrected chi connectivity index (χ0v) is 7.77. The molecular weight excluding hydrogens is 169 g/mol. The summed E-state index contributed by atoms with van der Waals surface area (Å²) in [5.74, 6) is 2.87. The summed E-state index contributed by atoms with van der Waals surface area (Å²) in [6.45, 7) is 0. The Hall–Kier alpha value is -1.44. The van der Waals surface area contributed by atoms with Gasteiger partial charge < -0.3 is 4.57 Å². The minimum atomic E-state index is 0.604. The van der Waals surface area contributed by atoms with E-state index < -0.39 is 0 Å². The van der Waals surface area contributed by atoms with Crippen molar-refractivity contribution in [1.29, 1.82) is 0 Å². The van der Waals surface area contributed by atoms with E-state index in [-0.39, 0.29) is 0 Å². The molecule has 0 fully saturated rings. The van der Waals surface area contributed by atoms with E-state index in [1.165, 1.54) is 27.9 Å². The van der Waals surface area contributed by atoms with E-state index in [1.807, 2.05) is 0 Å². The molecule has 2 aliphatic heterocycles. The summed E-state index contributed by atoms with van der Waals surface area (Å²) in [7, 11) is 2.31. The largest absolute Gasteiger partial charge is 0.346 e. The van der Waals surface area contributed by atoms with Crippen LogP contribution in [0.4, 0.5) is 0 Å². The van der Waals surface area contributed by atoms with Crippen LogP contribution in [0.2, 0.25) is 0 Å². The van der Waals surface area contributed by atoms with Crippen molar-refractivity contribution in [3.8, 4) is 0 Å². The van der Waals surface area contributed by atoms with Crippen LogP contribution in [-0.2, 0) is 0 Å². The molecule has 1 atom stereocenters. The third kappa shape index (κ3) is 0.617. The van der Waals surface area contributed by atoms with Crippen molar-refractivity contribution in [2.75, 3.05) is 0 Å². The molecule has 1 aromatic heterocycles. The molecule has 1 radical (unpaired) electrons. The van der Waals surface area contributed by atoms with Crippen molar-refractivity contribution in [3.63, 3.8) is 0 Å². The van der Waals surface area contributed by atoms with Crippen molar-refractivity contribution >= 4 is 30.1 Å². The first-order chi connectivity index (χ1) is 6.95. The van der Waals surface area contributed by atoms with Crippen LogP contribution in [0.1, 0.15) is 12.4 Å². The van der Waals surface area contributed by atoms with Crippen molar-refractivity contribution < 1.29 is 0 Å². The van der Waals surface area contributed by atoms with Gasteiger partial charge in [-0.15, -0.1) is 0 Å². The number of aromatic nitrogens is 1. The van der Waals surface area contributed by atoms with E-state index in [4.69, 9.17) is 0 Å². The van der Waals surface area contributed by atoms with Crippen LogP contribution in [0, 0.1) is 0 Å². The summed E-state index contributed by atoms with van der Waals surface area (Å²) in [4.78, 5) is 0. The number of hydrogen-bond donors (Lipinski definition) is 0. The fourth-order valence-corrected chi connectivity index (χ4v) is 2.76. The first-order valence-electron chi connectivity index (χ1n) is 5.09. The van der Waals surface area contributed by atoms with Crippen molar-refractivity contribution in [2.24, 2.45) is 0 Å². The lowest BCUT2D eigenvalue weighted by molar-refractivity contribution is 0.704. The average Bonchev–Trinajstić information content (AvgIpc) is 2.86. The standard InChI is InChI=1S/C12H9BN/c1-2-4-9-8(3-1)10-5-6-12-13-7-11(9)14(10)12/h1-5,7,12H,6H2/t12-/m0/s1. The summed E-state index contributed by atoms with van der Waals surface area (Å²) in [5, 5.41) is 5.63. The number of hydrogen-bond acceptors (Lipinski definition) is 0. The predicted molar refractivity (Wildman–Crippen MR) is 59.5 cm³/mol. The minimum Gasteiger partial charge on any atom is -0.346 e. The van der Waals surface area contributed by atoms with Crippen molar-refractivity contribution in [1.82, 2.24) is 4.57 Å². The Kier molecular flexibility index (Phi) is 1.06. The molecule has 2 aliphatic rings. The van der Waals surface area contributed by atoms with E-state index in [1.54, 1.807) is 0 Å². The molecule has 2 heteroatoms. The Labute approximate surface area is 82.6 Å². The summed E-state index contributed by atoms with van der Waals surface area (Å²) in [6.07, 6.45) is 3.53. The fourth-order valence-electron chi connectivity index (χ4n) is 2.76. The molecule has 14 heavy (non-hydrogen) atoms. The molecule has 0 saturated heterocycles. The molecule has 0 amide bonds. The Morgan fingerprint density at radius 2 is 1.93 bits per heavy atom. The van der Waals surface area contributed by atoms with E-state index >= 15 is 0 Å². The Morgan fingerprint density at radius 1 is 1.14 bits per heavy atom. The Bertz CT molecular complexity index is 596.